The minimum atomic E-state index is -0.0193. The second-order valence-electron chi connectivity index (χ2n) is 4.47. The van der Waals surface area contributed by atoms with Crippen LogP contribution in [0.25, 0.3) is 0 Å². The number of nitrogens with two attached hydrogens (primary N) is 1. The number of carbonyl (C=O) groups excluding carboxylic acids is 1. The lowest BCUT2D eigenvalue weighted by atomic mass is 10.1. The second-order valence-corrected chi connectivity index (χ2v) is 4.47. The number of hydrogen-bond donors (Lipinski definition) is 1. The van der Waals surface area contributed by atoms with Crippen LogP contribution in [-0.2, 0) is 11.3 Å². The van der Waals surface area contributed by atoms with E-state index in [4.69, 9.17) is 14.9 Å². The third kappa shape index (κ3) is 4.08. The van der Waals surface area contributed by atoms with Crippen LogP contribution in [-0.4, -0.2) is 37.1 Å². The summed E-state index contributed by atoms with van der Waals surface area (Å²) in [4.78, 5) is 14.4. The average Bonchev–Trinajstić information content (AvgIpc) is 2.91. The third-order valence-electron chi connectivity index (χ3n) is 3.28. The van der Waals surface area contributed by atoms with Crippen LogP contribution in [0.4, 0.5) is 0 Å². The van der Waals surface area contributed by atoms with E-state index in [1.165, 1.54) is 6.26 Å². The van der Waals surface area contributed by atoms with Gasteiger partial charge in [0.25, 0.3) is 5.91 Å². The number of carbonyl (C=O) groups is 1. The fourth-order valence-corrected chi connectivity index (χ4v) is 2.13. The summed E-state index contributed by atoms with van der Waals surface area (Å²) in [6.45, 7) is 5.59. The van der Waals surface area contributed by atoms with Gasteiger partial charge in [-0.1, -0.05) is 13.8 Å². The summed E-state index contributed by atoms with van der Waals surface area (Å²) in [6.07, 6.45) is 3.33. The number of nitrogens with zero attached hydrogens (tertiary/aromatic N) is 1. The van der Waals surface area contributed by atoms with Crippen LogP contribution in [0.3, 0.4) is 0 Å². The zero-order valence-electron chi connectivity index (χ0n) is 12.0. The maximum absolute atomic E-state index is 12.5. The van der Waals surface area contributed by atoms with Crippen molar-refractivity contribution in [3.63, 3.8) is 0 Å². The highest BCUT2D eigenvalue weighted by Gasteiger charge is 2.23. The number of rotatable bonds is 8. The third-order valence-corrected chi connectivity index (χ3v) is 3.28. The first-order chi connectivity index (χ1) is 9.17. The molecule has 0 bridgehead atoms. The van der Waals surface area contributed by atoms with E-state index in [1.807, 2.05) is 4.90 Å². The van der Waals surface area contributed by atoms with Crippen LogP contribution >= 0.6 is 0 Å². The molecule has 0 atom stereocenters. The maximum Gasteiger partial charge on any atom is 0.257 e. The minimum absolute atomic E-state index is 0.0193. The molecule has 0 aliphatic carbocycles. The summed E-state index contributed by atoms with van der Waals surface area (Å²) in [7, 11) is 1.64. The molecule has 108 valence electrons. The van der Waals surface area contributed by atoms with Gasteiger partial charge in [0.05, 0.1) is 18.7 Å². The van der Waals surface area contributed by atoms with Crippen molar-refractivity contribution < 1.29 is 13.9 Å². The highest BCUT2D eigenvalue weighted by atomic mass is 16.5. The van der Waals surface area contributed by atoms with Crippen molar-refractivity contribution in [2.75, 3.05) is 20.3 Å². The van der Waals surface area contributed by atoms with Crippen molar-refractivity contribution >= 4 is 5.91 Å². The zero-order chi connectivity index (χ0) is 14.3. The topological polar surface area (TPSA) is 68.7 Å². The van der Waals surface area contributed by atoms with E-state index in [1.54, 1.807) is 13.2 Å². The number of hydrogen-bond acceptors (Lipinski definition) is 4. The fraction of sp³-hybridized carbons (Fsp3) is 0.643. The summed E-state index contributed by atoms with van der Waals surface area (Å²) in [5.74, 6) is 0.605. The Bertz CT molecular complexity index is 386. The number of ether oxygens (including phenoxy) is 1. The summed E-state index contributed by atoms with van der Waals surface area (Å²) < 4.78 is 10.3. The molecule has 2 N–H and O–H groups in total. The molecule has 1 aromatic heterocycles. The van der Waals surface area contributed by atoms with Gasteiger partial charge in [-0.15, -0.1) is 0 Å². The van der Waals surface area contributed by atoms with Gasteiger partial charge >= 0.3 is 0 Å². The Morgan fingerprint density at radius 1 is 1.47 bits per heavy atom. The first kappa shape index (κ1) is 15.7. The second kappa shape index (κ2) is 7.96. The van der Waals surface area contributed by atoms with Crippen LogP contribution in [0.5, 0.6) is 0 Å². The van der Waals surface area contributed by atoms with Crippen LogP contribution in [0.15, 0.2) is 16.7 Å². The van der Waals surface area contributed by atoms with Gasteiger partial charge in [0.2, 0.25) is 0 Å². The lowest BCUT2D eigenvalue weighted by molar-refractivity contribution is 0.0589. The van der Waals surface area contributed by atoms with Crippen molar-refractivity contribution in [2.24, 2.45) is 5.73 Å². The molecule has 0 aromatic carbocycles. The maximum atomic E-state index is 12.5. The van der Waals surface area contributed by atoms with E-state index < -0.39 is 0 Å². The van der Waals surface area contributed by atoms with Crippen molar-refractivity contribution in [1.29, 1.82) is 0 Å². The molecule has 0 saturated heterocycles. The molecular weight excluding hydrogens is 244 g/mol. The van der Waals surface area contributed by atoms with Gasteiger partial charge in [0.1, 0.15) is 12.0 Å². The predicted molar refractivity (Wildman–Crippen MR) is 73.9 cm³/mol. The number of amides is 1. The van der Waals surface area contributed by atoms with Crippen molar-refractivity contribution in [3.05, 3.63) is 23.7 Å². The first-order valence-electron chi connectivity index (χ1n) is 6.75. The molecule has 0 radical (unpaired) electrons. The lowest BCUT2D eigenvalue weighted by Gasteiger charge is -2.30. The highest BCUT2D eigenvalue weighted by molar-refractivity contribution is 5.94. The zero-order valence-corrected chi connectivity index (χ0v) is 12.0. The van der Waals surface area contributed by atoms with Crippen LogP contribution in [0, 0.1) is 0 Å². The predicted octanol–water partition coefficient (Wildman–Crippen LogP) is 2.02. The number of furan rings is 1. The smallest absolute Gasteiger partial charge is 0.257 e. The summed E-state index contributed by atoms with van der Waals surface area (Å²) in [5, 5.41) is 0. The Morgan fingerprint density at radius 2 is 2.16 bits per heavy atom. The number of methoxy groups -OCH3 is 1. The molecule has 5 heteroatoms. The highest BCUT2D eigenvalue weighted by Crippen LogP contribution is 2.15. The molecule has 0 aliphatic rings. The summed E-state index contributed by atoms with van der Waals surface area (Å²) >= 11 is 0. The summed E-state index contributed by atoms with van der Waals surface area (Å²) in [6, 6.07) is 1.93. The van der Waals surface area contributed by atoms with Gasteiger partial charge in [-0.05, 0) is 18.9 Å². The molecule has 1 amide bonds. The Balaban J connectivity index is 2.85. The Morgan fingerprint density at radius 3 is 2.63 bits per heavy atom. The SMILES string of the molecule is CCC(CC)N(CCOC)C(=O)c1coc(CN)c1. The van der Waals surface area contributed by atoms with Gasteiger partial charge in [0, 0.05) is 19.7 Å². The Labute approximate surface area is 114 Å². The van der Waals surface area contributed by atoms with Crippen LogP contribution in [0.2, 0.25) is 0 Å². The Hall–Kier alpha value is -1.33. The van der Waals surface area contributed by atoms with Gasteiger partial charge < -0.3 is 19.8 Å². The monoisotopic (exact) mass is 268 g/mol. The normalized spacial score (nSPS) is 11.0. The molecule has 0 aliphatic heterocycles. The van der Waals surface area contributed by atoms with Gasteiger partial charge in [-0.3, -0.25) is 4.79 Å². The van der Waals surface area contributed by atoms with E-state index in [2.05, 4.69) is 13.8 Å². The molecule has 1 rings (SSSR count). The summed E-state index contributed by atoms with van der Waals surface area (Å²) in [5.41, 5.74) is 6.05. The van der Waals surface area contributed by atoms with Crippen LogP contribution in [0.1, 0.15) is 42.8 Å². The largest absolute Gasteiger partial charge is 0.467 e. The van der Waals surface area contributed by atoms with Crippen LogP contribution < -0.4 is 5.73 Å². The van der Waals surface area contributed by atoms with E-state index in [0.29, 0.717) is 31.0 Å². The van der Waals surface area contributed by atoms with E-state index in [-0.39, 0.29) is 11.9 Å². The molecule has 1 heterocycles. The molecule has 5 nitrogen and oxygen atoms in total. The van der Waals surface area contributed by atoms with Gasteiger partial charge in [0.15, 0.2) is 0 Å². The molecule has 1 aromatic rings. The van der Waals surface area contributed by atoms with E-state index >= 15 is 0 Å². The molecule has 19 heavy (non-hydrogen) atoms. The average molecular weight is 268 g/mol. The van der Waals surface area contributed by atoms with Crippen molar-refractivity contribution in [3.8, 4) is 0 Å². The van der Waals surface area contributed by atoms with Crippen molar-refractivity contribution in [2.45, 2.75) is 39.3 Å². The first-order valence-corrected chi connectivity index (χ1v) is 6.75. The van der Waals surface area contributed by atoms with Gasteiger partial charge in [-0.25, -0.2) is 0 Å². The van der Waals surface area contributed by atoms with Crippen molar-refractivity contribution in [1.82, 2.24) is 4.90 Å². The molecule has 0 unspecified atom stereocenters. The Kier molecular flexibility index (Phi) is 6.59. The van der Waals surface area contributed by atoms with E-state index in [0.717, 1.165) is 12.8 Å². The molecule has 0 spiro atoms. The molecule has 0 saturated carbocycles. The van der Waals surface area contributed by atoms with E-state index in [9.17, 15) is 4.79 Å². The van der Waals surface area contributed by atoms with Gasteiger partial charge in [-0.2, -0.15) is 0 Å². The fourth-order valence-electron chi connectivity index (χ4n) is 2.13. The molecule has 0 fully saturated rings. The minimum Gasteiger partial charge on any atom is -0.467 e. The lowest BCUT2D eigenvalue weighted by Crippen LogP contribution is -2.41. The quantitative estimate of drug-likeness (QED) is 0.783. The molecular formula is C14H24N2O3. The standard InChI is InChI=1S/C14H24N2O3/c1-4-12(5-2)16(6-7-18-3)14(17)11-8-13(9-15)19-10-11/h8,10,12H,4-7,9,15H2,1-3H3.